The minimum absolute atomic E-state index is 0.213. The Morgan fingerprint density at radius 3 is 2.61 bits per heavy atom. The Morgan fingerprint density at radius 1 is 1.44 bits per heavy atom. The average molecular weight is 252 g/mol. The Labute approximate surface area is 107 Å². The first-order valence-electron chi connectivity index (χ1n) is 5.90. The molecule has 0 aromatic heterocycles. The van der Waals surface area contributed by atoms with Crippen LogP contribution in [0.25, 0.3) is 0 Å². The van der Waals surface area contributed by atoms with Crippen LogP contribution < -0.4 is 16.2 Å². The fourth-order valence-corrected chi connectivity index (χ4v) is 1.82. The number of carboxylic acids is 1. The number of aryl methyl sites for hydroxylation is 1. The molecule has 0 aliphatic rings. The maximum Gasteiger partial charge on any atom is 0.320 e. The number of aliphatic carboxylic acids is 1. The lowest BCUT2D eigenvalue weighted by molar-refractivity contribution is -0.138. The number of methoxy groups -OCH3 is 1. The molecule has 0 bridgehead atoms. The molecule has 1 aromatic carbocycles. The van der Waals surface area contributed by atoms with Crippen LogP contribution in [0.5, 0.6) is 5.75 Å². The molecule has 0 heterocycles. The predicted molar refractivity (Wildman–Crippen MR) is 69.5 cm³/mol. The minimum Gasteiger partial charge on any atom is -0.496 e. The van der Waals surface area contributed by atoms with Gasteiger partial charge in [0.1, 0.15) is 11.8 Å². The van der Waals surface area contributed by atoms with Gasteiger partial charge in [-0.15, -0.1) is 0 Å². The summed E-state index contributed by atoms with van der Waals surface area (Å²) in [5.41, 5.74) is 13.4. The van der Waals surface area contributed by atoms with Gasteiger partial charge in [0, 0.05) is 6.04 Å². The number of benzene rings is 1. The number of hydrogen-bond acceptors (Lipinski definition) is 4. The van der Waals surface area contributed by atoms with Gasteiger partial charge in [0.25, 0.3) is 0 Å². The number of ether oxygens (including phenoxy) is 1. The second-order valence-corrected chi connectivity index (χ2v) is 4.21. The molecular weight excluding hydrogens is 232 g/mol. The van der Waals surface area contributed by atoms with Gasteiger partial charge in [0.2, 0.25) is 0 Å². The lowest BCUT2D eigenvalue weighted by Gasteiger charge is -2.16. The molecule has 5 N–H and O–H groups in total. The summed E-state index contributed by atoms with van der Waals surface area (Å²) in [7, 11) is 1.62. The third-order valence-electron chi connectivity index (χ3n) is 2.94. The molecular formula is C13H20N2O3. The summed E-state index contributed by atoms with van der Waals surface area (Å²) in [6.45, 7) is 2.02. The van der Waals surface area contributed by atoms with E-state index in [1.165, 1.54) is 0 Å². The van der Waals surface area contributed by atoms with Crippen molar-refractivity contribution in [2.45, 2.75) is 31.8 Å². The zero-order valence-electron chi connectivity index (χ0n) is 10.7. The van der Waals surface area contributed by atoms with Gasteiger partial charge in [0.05, 0.1) is 7.11 Å². The molecule has 1 aromatic rings. The second kappa shape index (κ2) is 6.37. The molecule has 0 amide bonds. The number of hydrogen-bond donors (Lipinski definition) is 3. The molecule has 0 saturated carbocycles. The predicted octanol–water partition coefficient (Wildman–Crippen LogP) is 1.06. The molecule has 0 aliphatic heterocycles. The van der Waals surface area contributed by atoms with Crippen molar-refractivity contribution < 1.29 is 14.6 Å². The Hall–Kier alpha value is -1.59. The van der Waals surface area contributed by atoms with Crippen LogP contribution in [-0.4, -0.2) is 24.2 Å². The van der Waals surface area contributed by atoms with Gasteiger partial charge in [-0.2, -0.15) is 0 Å². The first-order chi connectivity index (χ1) is 8.49. The monoisotopic (exact) mass is 252 g/mol. The molecule has 0 aliphatic carbocycles. The van der Waals surface area contributed by atoms with Gasteiger partial charge >= 0.3 is 5.97 Å². The first kappa shape index (κ1) is 14.5. The van der Waals surface area contributed by atoms with Gasteiger partial charge in [-0.1, -0.05) is 19.1 Å². The SMILES string of the molecule is CCc1cc(C(N)CC(N)C(=O)O)ccc1OC. The van der Waals surface area contributed by atoms with Gasteiger partial charge < -0.3 is 21.3 Å². The molecule has 0 spiro atoms. The van der Waals surface area contributed by atoms with Crippen LogP contribution in [-0.2, 0) is 11.2 Å². The zero-order valence-corrected chi connectivity index (χ0v) is 10.7. The molecule has 2 unspecified atom stereocenters. The van der Waals surface area contributed by atoms with Crippen LogP contribution in [0.15, 0.2) is 18.2 Å². The number of nitrogens with two attached hydrogens (primary N) is 2. The highest BCUT2D eigenvalue weighted by Gasteiger charge is 2.17. The number of carboxylic acid groups (broad SMARTS) is 1. The van der Waals surface area contributed by atoms with Gasteiger partial charge in [-0.05, 0) is 30.0 Å². The highest BCUT2D eigenvalue weighted by atomic mass is 16.5. The maximum absolute atomic E-state index is 10.7. The van der Waals surface area contributed by atoms with Gasteiger partial charge in [0.15, 0.2) is 0 Å². The summed E-state index contributed by atoms with van der Waals surface area (Å²) >= 11 is 0. The largest absolute Gasteiger partial charge is 0.496 e. The highest BCUT2D eigenvalue weighted by molar-refractivity contribution is 5.73. The van der Waals surface area contributed by atoms with E-state index in [4.69, 9.17) is 21.3 Å². The lowest BCUT2D eigenvalue weighted by atomic mass is 9.97. The Kier molecular flexibility index (Phi) is 5.12. The highest BCUT2D eigenvalue weighted by Crippen LogP contribution is 2.24. The van der Waals surface area contributed by atoms with E-state index in [1.807, 2.05) is 25.1 Å². The van der Waals surface area contributed by atoms with E-state index in [9.17, 15) is 4.79 Å². The zero-order chi connectivity index (χ0) is 13.7. The molecule has 5 heteroatoms. The smallest absolute Gasteiger partial charge is 0.320 e. The molecule has 0 fully saturated rings. The Balaban J connectivity index is 2.86. The molecule has 100 valence electrons. The van der Waals surface area contributed by atoms with E-state index >= 15 is 0 Å². The number of rotatable bonds is 6. The van der Waals surface area contributed by atoms with E-state index in [1.54, 1.807) is 7.11 Å². The normalized spacial score (nSPS) is 14.0. The van der Waals surface area contributed by atoms with Crippen LogP contribution in [0.3, 0.4) is 0 Å². The van der Waals surface area contributed by atoms with E-state index in [2.05, 4.69) is 0 Å². The Morgan fingerprint density at radius 2 is 2.11 bits per heavy atom. The summed E-state index contributed by atoms with van der Waals surface area (Å²) < 4.78 is 5.23. The summed E-state index contributed by atoms with van der Waals surface area (Å²) in [5, 5.41) is 8.76. The van der Waals surface area contributed by atoms with Crippen LogP contribution >= 0.6 is 0 Å². The van der Waals surface area contributed by atoms with E-state index in [0.717, 1.165) is 23.3 Å². The van der Waals surface area contributed by atoms with Gasteiger partial charge in [-0.25, -0.2) is 0 Å². The van der Waals surface area contributed by atoms with Crippen LogP contribution in [0.4, 0.5) is 0 Å². The Bertz CT molecular complexity index is 421. The van der Waals surface area contributed by atoms with Crippen LogP contribution in [0.2, 0.25) is 0 Å². The van der Waals surface area contributed by atoms with Crippen molar-refractivity contribution in [3.05, 3.63) is 29.3 Å². The molecule has 1 rings (SSSR count). The minimum atomic E-state index is -1.03. The third kappa shape index (κ3) is 3.45. The number of carbonyl (C=O) groups is 1. The summed E-state index contributed by atoms with van der Waals surface area (Å²) in [6, 6.07) is 4.31. The third-order valence-corrected chi connectivity index (χ3v) is 2.94. The molecule has 18 heavy (non-hydrogen) atoms. The van der Waals surface area contributed by atoms with Crippen molar-refractivity contribution in [1.82, 2.24) is 0 Å². The van der Waals surface area contributed by atoms with E-state index < -0.39 is 12.0 Å². The summed E-state index contributed by atoms with van der Waals surface area (Å²) in [6.07, 6.45) is 1.04. The average Bonchev–Trinajstić information content (AvgIpc) is 2.37. The van der Waals surface area contributed by atoms with E-state index in [0.29, 0.717) is 0 Å². The summed E-state index contributed by atoms with van der Waals surface area (Å²) in [4.78, 5) is 10.7. The van der Waals surface area contributed by atoms with Crippen molar-refractivity contribution >= 4 is 5.97 Å². The lowest BCUT2D eigenvalue weighted by Crippen LogP contribution is -2.33. The molecule has 0 radical (unpaired) electrons. The maximum atomic E-state index is 10.7. The van der Waals surface area contributed by atoms with Crippen LogP contribution in [0, 0.1) is 0 Å². The quantitative estimate of drug-likeness (QED) is 0.703. The second-order valence-electron chi connectivity index (χ2n) is 4.21. The fraction of sp³-hybridized carbons (Fsp3) is 0.462. The molecule has 2 atom stereocenters. The standard InChI is InChI=1S/C13H20N2O3/c1-3-8-6-9(4-5-12(8)18-2)10(14)7-11(15)13(16)17/h4-6,10-11H,3,7,14-15H2,1-2H3,(H,16,17). The fourth-order valence-electron chi connectivity index (χ4n) is 1.82. The van der Waals surface area contributed by atoms with Crippen molar-refractivity contribution in [3.63, 3.8) is 0 Å². The first-order valence-corrected chi connectivity index (χ1v) is 5.90. The van der Waals surface area contributed by atoms with Crippen molar-refractivity contribution in [2.24, 2.45) is 11.5 Å². The van der Waals surface area contributed by atoms with E-state index in [-0.39, 0.29) is 12.5 Å². The van der Waals surface area contributed by atoms with Crippen molar-refractivity contribution in [1.29, 1.82) is 0 Å². The topological polar surface area (TPSA) is 98.6 Å². The van der Waals surface area contributed by atoms with Crippen molar-refractivity contribution in [3.8, 4) is 5.75 Å². The summed E-state index contributed by atoms with van der Waals surface area (Å²) in [5.74, 6) is -0.217. The molecule has 5 nitrogen and oxygen atoms in total. The van der Waals surface area contributed by atoms with Crippen LogP contribution in [0.1, 0.15) is 30.5 Å². The molecule has 0 saturated heterocycles. The van der Waals surface area contributed by atoms with Crippen molar-refractivity contribution in [2.75, 3.05) is 7.11 Å². The van der Waals surface area contributed by atoms with Gasteiger partial charge in [-0.3, -0.25) is 4.79 Å².